The second-order valence-corrected chi connectivity index (χ2v) is 4.18. The SMILES string of the molecule is CC(C)N(CCC(=O)O)CC1CC1. The molecule has 1 aliphatic rings. The van der Waals surface area contributed by atoms with Crippen LogP contribution in [0.25, 0.3) is 0 Å². The molecule has 13 heavy (non-hydrogen) atoms. The molecular formula is C10H19NO2. The Labute approximate surface area is 79.7 Å². The first-order valence-electron chi connectivity index (χ1n) is 5.05. The molecule has 1 rings (SSSR count). The van der Waals surface area contributed by atoms with Gasteiger partial charge < -0.3 is 10.0 Å². The fourth-order valence-electron chi connectivity index (χ4n) is 1.43. The first-order valence-corrected chi connectivity index (χ1v) is 5.05. The van der Waals surface area contributed by atoms with E-state index in [1.807, 2.05) is 0 Å². The molecule has 0 aliphatic heterocycles. The number of rotatable bonds is 6. The van der Waals surface area contributed by atoms with Crippen molar-refractivity contribution in [3.8, 4) is 0 Å². The Bertz CT molecular complexity index is 176. The molecule has 0 unspecified atom stereocenters. The van der Waals surface area contributed by atoms with Gasteiger partial charge in [-0.3, -0.25) is 4.79 Å². The van der Waals surface area contributed by atoms with Gasteiger partial charge in [-0.15, -0.1) is 0 Å². The van der Waals surface area contributed by atoms with Gasteiger partial charge in [-0.05, 0) is 32.6 Å². The van der Waals surface area contributed by atoms with Crippen LogP contribution >= 0.6 is 0 Å². The lowest BCUT2D eigenvalue weighted by Crippen LogP contribution is -2.34. The van der Waals surface area contributed by atoms with Gasteiger partial charge in [0.05, 0.1) is 6.42 Å². The average molecular weight is 185 g/mol. The summed E-state index contributed by atoms with van der Waals surface area (Å²) < 4.78 is 0. The van der Waals surface area contributed by atoms with Crippen LogP contribution in [0.1, 0.15) is 33.1 Å². The van der Waals surface area contributed by atoms with Crippen LogP contribution in [0.15, 0.2) is 0 Å². The molecule has 0 saturated heterocycles. The van der Waals surface area contributed by atoms with Gasteiger partial charge in [0.15, 0.2) is 0 Å². The number of carboxylic acid groups (broad SMARTS) is 1. The van der Waals surface area contributed by atoms with Crippen molar-refractivity contribution >= 4 is 5.97 Å². The lowest BCUT2D eigenvalue weighted by molar-refractivity contribution is -0.137. The van der Waals surface area contributed by atoms with Crippen molar-refractivity contribution in [3.05, 3.63) is 0 Å². The van der Waals surface area contributed by atoms with Crippen molar-refractivity contribution < 1.29 is 9.90 Å². The third-order valence-corrected chi connectivity index (χ3v) is 2.53. The number of aliphatic carboxylic acids is 1. The minimum atomic E-state index is -0.693. The van der Waals surface area contributed by atoms with E-state index >= 15 is 0 Å². The topological polar surface area (TPSA) is 40.5 Å². The molecule has 0 amide bonds. The number of carboxylic acids is 1. The van der Waals surface area contributed by atoms with Gasteiger partial charge >= 0.3 is 5.97 Å². The Hall–Kier alpha value is -0.570. The molecule has 3 heteroatoms. The molecule has 0 bridgehead atoms. The zero-order valence-electron chi connectivity index (χ0n) is 8.49. The Morgan fingerprint density at radius 1 is 1.54 bits per heavy atom. The highest BCUT2D eigenvalue weighted by atomic mass is 16.4. The fourth-order valence-corrected chi connectivity index (χ4v) is 1.43. The first kappa shape index (κ1) is 10.5. The van der Waals surface area contributed by atoms with E-state index in [4.69, 9.17) is 5.11 Å². The van der Waals surface area contributed by atoms with Gasteiger partial charge in [-0.1, -0.05) is 0 Å². The van der Waals surface area contributed by atoms with Crippen molar-refractivity contribution in [1.82, 2.24) is 4.90 Å². The Morgan fingerprint density at radius 3 is 2.54 bits per heavy atom. The summed E-state index contributed by atoms with van der Waals surface area (Å²) in [7, 11) is 0. The lowest BCUT2D eigenvalue weighted by atomic mass is 10.2. The molecular weight excluding hydrogens is 166 g/mol. The predicted molar refractivity (Wildman–Crippen MR) is 51.7 cm³/mol. The average Bonchev–Trinajstić information content (AvgIpc) is 2.80. The summed E-state index contributed by atoms with van der Waals surface area (Å²) in [4.78, 5) is 12.7. The molecule has 1 saturated carbocycles. The summed E-state index contributed by atoms with van der Waals surface area (Å²) in [5, 5.41) is 8.57. The van der Waals surface area contributed by atoms with E-state index in [2.05, 4.69) is 18.7 Å². The maximum Gasteiger partial charge on any atom is 0.304 e. The second-order valence-electron chi connectivity index (χ2n) is 4.18. The molecule has 0 aromatic carbocycles. The fraction of sp³-hybridized carbons (Fsp3) is 0.900. The van der Waals surface area contributed by atoms with Gasteiger partial charge in [-0.2, -0.15) is 0 Å². The van der Waals surface area contributed by atoms with Gasteiger partial charge in [0.25, 0.3) is 0 Å². The number of carbonyl (C=O) groups is 1. The standard InChI is InChI=1S/C10H19NO2/c1-8(2)11(6-5-10(12)13)7-9-3-4-9/h8-9H,3-7H2,1-2H3,(H,12,13). The molecule has 0 heterocycles. The van der Waals surface area contributed by atoms with Crippen LogP contribution in [0.5, 0.6) is 0 Å². The normalized spacial score (nSPS) is 16.9. The molecule has 76 valence electrons. The minimum Gasteiger partial charge on any atom is -0.481 e. The molecule has 0 spiro atoms. The maximum absolute atomic E-state index is 10.4. The molecule has 0 radical (unpaired) electrons. The number of hydrogen-bond donors (Lipinski definition) is 1. The molecule has 1 N–H and O–H groups in total. The van der Waals surface area contributed by atoms with Gasteiger partial charge in [-0.25, -0.2) is 0 Å². The zero-order chi connectivity index (χ0) is 9.84. The Kier molecular flexibility index (Phi) is 3.72. The monoisotopic (exact) mass is 185 g/mol. The van der Waals surface area contributed by atoms with E-state index < -0.39 is 5.97 Å². The van der Waals surface area contributed by atoms with E-state index in [0.717, 1.165) is 12.5 Å². The van der Waals surface area contributed by atoms with Crippen LogP contribution in [0.3, 0.4) is 0 Å². The zero-order valence-corrected chi connectivity index (χ0v) is 8.49. The Balaban J connectivity index is 2.23. The van der Waals surface area contributed by atoms with Crippen molar-refractivity contribution in [2.45, 2.75) is 39.2 Å². The van der Waals surface area contributed by atoms with Crippen molar-refractivity contribution in [2.75, 3.05) is 13.1 Å². The highest BCUT2D eigenvalue weighted by Crippen LogP contribution is 2.30. The summed E-state index contributed by atoms with van der Waals surface area (Å²) in [5.41, 5.74) is 0. The summed E-state index contributed by atoms with van der Waals surface area (Å²) in [6.07, 6.45) is 2.93. The molecule has 1 fully saturated rings. The van der Waals surface area contributed by atoms with Crippen molar-refractivity contribution in [1.29, 1.82) is 0 Å². The van der Waals surface area contributed by atoms with Crippen LogP contribution < -0.4 is 0 Å². The lowest BCUT2D eigenvalue weighted by Gasteiger charge is -2.25. The molecule has 0 atom stereocenters. The largest absolute Gasteiger partial charge is 0.481 e. The summed E-state index contributed by atoms with van der Waals surface area (Å²) in [6.45, 7) is 6.04. The van der Waals surface area contributed by atoms with Gasteiger partial charge in [0.1, 0.15) is 0 Å². The smallest absolute Gasteiger partial charge is 0.304 e. The summed E-state index contributed by atoms with van der Waals surface area (Å²) >= 11 is 0. The molecule has 3 nitrogen and oxygen atoms in total. The highest BCUT2D eigenvalue weighted by molar-refractivity contribution is 5.66. The third kappa shape index (κ3) is 4.27. The quantitative estimate of drug-likeness (QED) is 0.683. The second kappa shape index (κ2) is 4.61. The number of nitrogens with zero attached hydrogens (tertiary/aromatic N) is 1. The Morgan fingerprint density at radius 2 is 2.15 bits per heavy atom. The van der Waals surface area contributed by atoms with Crippen LogP contribution in [-0.2, 0) is 4.79 Å². The maximum atomic E-state index is 10.4. The summed E-state index contributed by atoms with van der Waals surface area (Å²) in [5.74, 6) is 0.151. The van der Waals surface area contributed by atoms with Crippen molar-refractivity contribution in [3.63, 3.8) is 0 Å². The summed E-state index contributed by atoms with van der Waals surface area (Å²) in [6, 6.07) is 0.472. The molecule has 1 aliphatic carbocycles. The van der Waals surface area contributed by atoms with Gasteiger partial charge in [0.2, 0.25) is 0 Å². The van der Waals surface area contributed by atoms with E-state index in [1.165, 1.54) is 12.8 Å². The van der Waals surface area contributed by atoms with Crippen LogP contribution in [0, 0.1) is 5.92 Å². The van der Waals surface area contributed by atoms with Crippen LogP contribution in [0.2, 0.25) is 0 Å². The van der Waals surface area contributed by atoms with Gasteiger partial charge in [0, 0.05) is 19.1 Å². The number of hydrogen-bond acceptors (Lipinski definition) is 2. The minimum absolute atomic E-state index is 0.269. The van der Waals surface area contributed by atoms with E-state index in [1.54, 1.807) is 0 Å². The molecule has 0 aromatic heterocycles. The third-order valence-electron chi connectivity index (χ3n) is 2.53. The van der Waals surface area contributed by atoms with E-state index in [-0.39, 0.29) is 6.42 Å². The van der Waals surface area contributed by atoms with Crippen LogP contribution in [-0.4, -0.2) is 35.1 Å². The highest BCUT2D eigenvalue weighted by Gasteiger charge is 2.25. The van der Waals surface area contributed by atoms with Crippen LogP contribution in [0.4, 0.5) is 0 Å². The van der Waals surface area contributed by atoms with Crippen molar-refractivity contribution in [2.24, 2.45) is 5.92 Å². The predicted octanol–water partition coefficient (Wildman–Crippen LogP) is 1.58. The first-order chi connectivity index (χ1) is 6.09. The van der Waals surface area contributed by atoms with E-state index in [9.17, 15) is 4.79 Å². The van der Waals surface area contributed by atoms with E-state index in [0.29, 0.717) is 12.6 Å². The molecule has 0 aromatic rings.